The molecule has 0 aromatic carbocycles. The van der Waals surface area contributed by atoms with Crippen LogP contribution in [0.5, 0.6) is 0 Å². The first-order chi connectivity index (χ1) is 5.55. The van der Waals surface area contributed by atoms with E-state index in [0.717, 1.165) is 4.31 Å². The topological polar surface area (TPSA) is 37.4 Å². The molecule has 0 radical (unpaired) electrons. The van der Waals surface area contributed by atoms with Crippen molar-refractivity contribution >= 4 is 38.6 Å². The van der Waals surface area contributed by atoms with Gasteiger partial charge >= 0.3 is 0 Å². The highest BCUT2D eigenvalue weighted by Crippen LogP contribution is 2.33. The van der Waals surface area contributed by atoms with Crippen LogP contribution in [0, 0.1) is 0 Å². The smallest absolute Gasteiger partial charge is 0.258 e. The number of nitrogens with zero attached hydrogens (tertiary/aromatic N) is 1. The molecule has 0 atom stereocenters. The first kappa shape index (κ1) is 8.15. The summed E-state index contributed by atoms with van der Waals surface area (Å²) in [6, 6.07) is 1.74. The summed E-state index contributed by atoms with van der Waals surface area (Å²) in [5.41, 5.74) is 0.664. The van der Waals surface area contributed by atoms with E-state index in [0.29, 0.717) is 14.8 Å². The second-order valence-corrected chi connectivity index (χ2v) is 5.87. The molecule has 0 spiro atoms. The molecule has 0 amide bonds. The Hall–Kier alpha value is -0.460. The van der Waals surface area contributed by atoms with Crippen molar-refractivity contribution in [3.8, 4) is 0 Å². The van der Waals surface area contributed by atoms with E-state index in [-0.39, 0.29) is 0 Å². The van der Waals surface area contributed by atoms with E-state index in [1.807, 2.05) is 0 Å². The molecule has 2 rings (SSSR count). The molecular weight excluding hydrogens is 214 g/mol. The maximum atomic E-state index is 11.5. The minimum atomic E-state index is -3.28. The van der Waals surface area contributed by atoms with Crippen molar-refractivity contribution in [2.45, 2.75) is 4.21 Å². The van der Waals surface area contributed by atoms with Crippen LogP contribution in [-0.2, 0) is 10.0 Å². The van der Waals surface area contributed by atoms with E-state index in [1.165, 1.54) is 18.4 Å². The minimum Gasteiger partial charge on any atom is -0.258 e. The zero-order valence-electron chi connectivity index (χ0n) is 6.14. The lowest BCUT2D eigenvalue weighted by Crippen LogP contribution is -2.24. The molecule has 1 aromatic heterocycles. The Morgan fingerprint density at radius 2 is 2.25 bits per heavy atom. The maximum absolute atomic E-state index is 11.5. The molecule has 0 saturated carbocycles. The Morgan fingerprint density at radius 3 is 2.83 bits per heavy atom. The van der Waals surface area contributed by atoms with Gasteiger partial charge in [0, 0.05) is 12.6 Å². The van der Waals surface area contributed by atoms with Crippen LogP contribution in [-0.4, -0.2) is 24.8 Å². The van der Waals surface area contributed by atoms with Gasteiger partial charge in [-0.25, -0.2) is 8.42 Å². The van der Waals surface area contributed by atoms with E-state index in [2.05, 4.69) is 0 Å². The van der Waals surface area contributed by atoms with Crippen molar-refractivity contribution in [2.75, 3.05) is 7.05 Å². The van der Waals surface area contributed by atoms with E-state index < -0.39 is 10.0 Å². The molecule has 1 aliphatic heterocycles. The number of sulfonamides is 1. The van der Waals surface area contributed by atoms with Crippen LogP contribution in [0.1, 0.15) is 5.56 Å². The van der Waals surface area contributed by atoms with E-state index in [1.54, 1.807) is 11.4 Å². The Bertz CT molecular complexity index is 445. The summed E-state index contributed by atoms with van der Waals surface area (Å²) in [5, 5.41) is 1.74. The van der Waals surface area contributed by atoms with Crippen molar-refractivity contribution < 1.29 is 8.42 Å². The Kier molecular flexibility index (Phi) is 1.54. The fraction of sp³-hybridized carbons (Fsp3) is 0.167. The van der Waals surface area contributed by atoms with Crippen molar-refractivity contribution in [2.24, 2.45) is 0 Å². The standard InChI is InChI=1S/C6H5NO2S3/c1-7-5(10)4-2-3-11-6(4)12(7,8)9/h2-3H,1H3. The van der Waals surface area contributed by atoms with Crippen molar-refractivity contribution in [3.05, 3.63) is 17.0 Å². The highest BCUT2D eigenvalue weighted by Gasteiger charge is 2.36. The molecule has 6 heteroatoms. The second-order valence-electron chi connectivity index (χ2n) is 2.40. The van der Waals surface area contributed by atoms with E-state index in [9.17, 15) is 8.42 Å². The van der Waals surface area contributed by atoms with Crippen LogP contribution in [0.25, 0.3) is 0 Å². The highest BCUT2D eigenvalue weighted by molar-refractivity contribution is 7.94. The minimum absolute atomic E-state index is 0.370. The lowest BCUT2D eigenvalue weighted by atomic mass is 10.3. The van der Waals surface area contributed by atoms with Gasteiger partial charge in [-0.1, -0.05) is 12.2 Å². The largest absolute Gasteiger partial charge is 0.274 e. The molecule has 12 heavy (non-hydrogen) atoms. The van der Waals surface area contributed by atoms with Gasteiger partial charge in [0.1, 0.15) is 4.99 Å². The summed E-state index contributed by atoms with van der Waals surface area (Å²) in [7, 11) is -1.80. The first-order valence-electron chi connectivity index (χ1n) is 3.16. The van der Waals surface area contributed by atoms with Crippen LogP contribution in [0.3, 0.4) is 0 Å². The lowest BCUT2D eigenvalue weighted by molar-refractivity contribution is 0.562. The molecule has 0 aliphatic carbocycles. The third-order valence-corrected chi connectivity index (χ3v) is 5.57. The number of hydrogen-bond acceptors (Lipinski definition) is 4. The summed E-state index contributed by atoms with van der Waals surface area (Å²) in [6.07, 6.45) is 0. The van der Waals surface area contributed by atoms with Gasteiger partial charge in [0.15, 0.2) is 4.21 Å². The Labute approximate surface area is 79.7 Å². The summed E-state index contributed by atoms with van der Waals surface area (Å²) in [6.45, 7) is 0. The number of hydrogen-bond donors (Lipinski definition) is 0. The fourth-order valence-corrected chi connectivity index (χ4v) is 4.27. The highest BCUT2D eigenvalue weighted by atomic mass is 32.2. The van der Waals surface area contributed by atoms with Crippen LogP contribution >= 0.6 is 23.6 Å². The van der Waals surface area contributed by atoms with Crippen molar-refractivity contribution in [1.82, 2.24) is 4.31 Å². The van der Waals surface area contributed by atoms with Gasteiger partial charge in [-0.3, -0.25) is 4.31 Å². The van der Waals surface area contributed by atoms with Gasteiger partial charge in [0.25, 0.3) is 10.0 Å². The molecule has 1 aromatic rings. The van der Waals surface area contributed by atoms with Gasteiger partial charge in [-0.05, 0) is 11.4 Å². The first-order valence-corrected chi connectivity index (χ1v) is 5.88. The molecule has 0 bridgehead atoms. The second kappa shape index (κ2) is 2.27. The molecule has 3 nitrogen and oxygen atoms in total. The number of thiophene rings is 1. The van der Waals surface area contributed by atoms with E-state index >= 15 is 0 Å². The van der Waals surface area contributed by atoms with Gasteiger partial charge in [-0.15, -0.1) is 11.3 Å². The van der Waals surface area contributed by atoms with Crippen LogP contribution in [0.4, 0.5) is 0 Å². The van der Waals surface area contributed by atoms with Gasteiger partial charge in [0.2, 0.25) is 0 Å². The van der Waals surface area contributed by atoms with E-state index in [4.69, 9.17) is 12.2 Å². The zero-order valence-corrected chi connectivity index (χ0v) is 8.59. The maximum Gasteiger partial charge on any atom is 0.274 e. The van der Waals surface area contributed by atoms with Crippen LogP contribution in [0.2, 0.25) is 0 Å². The molecule has 0 saturated heterocycles. The van der Waals surface area contributed by atoms with Crippen LogP contribution in [0.15, 0.2) is 15.7 Å². The normalized spacial score (nSPS) is 19.8. The Morgan fingerprint density at radius 1 is 1.58 bits per heavy atom. The lowest BCUT2D eigenvalue weighted by Gasteiger charge is -2.08. The predicted molar refractivity (Wildman–Crippen MR) is 51.0 cm³/mol. The summed E-state index contributed by atoms with van der Waals surface area (Å²) in [4.78, 5) is 0.395. The molecule has 0 unspecified atom stereocenters. The van der Waals surface area contributed by atoms with Crippen LogP contribution < -0.4 is 0 Å². The van der Waals surface area contributed by atoms with Gasteiger partial charge in [-0.2, -0.15) is 0 Å². The fourth-order valence-electron chi connectivity index (χ4n) is 1.06. The predicted octanol–water partition coefficient (Wildman–Crippen LogP) is 1.06. The van der Waals surface area contributed by atoms with Crippen molar-refractivity contribution in [3.63, 3.8) is 0 Å². The number of thiocarbonyl (C=S) groups is 1. The average Bonchev–Trinajstić information content (AvgIpc) is 2.54. The molecule has 0 fully saturated rings. The number of fused-ring (bicyclic) bond motifs is 1. The number of rotatable bonds is 0. The van der Waals surface area contributed by atoms with Gasteiger partial charge in [0.05, 0.1) is 0 Å². The Balaban J connectivity index is 2.82. The SMILES string of the molecule is CN1C(=S)c2ccsc2S1(=O)=O. The molecular formula is C6H5NO2S3. The monoisotopic (exact) mass is 219 g/mol. The average molecular weight is 219 g/mol. The summed E-state index contributed by atoms with van der Waals surface area (Å²) in [5.74, 6) is 0. The zero-order chi connectivity index (χ0) is 8.93. The molecule has 1 aliphatic rings. The molecule has 0 N–H and O–H groups in total. The molecule has 2 heterocycles. The van der Waals surface area contributed by atoms with Gasteiger partial charge < -0.3 is 0 Å². The van der Waals surface area contributed by atoms with Crippen molar-refractivity contribution in [1.29, 1.82) is 0 Å². The third-order valence-electron chi connectivity index (χ3n) is 1.74. The molecule has 64 valence electrons. The third kappa shape index (κ3) is 0.797. The summed E-state index contributed by atoms with van der Waals surface area (Å²) < 4.78 is 24.5. The quantitative estimate of drug-likeness (QED) is 0.612. The summed E-state index contributed by atoms with van der Waals surface area (Å²) >= 11 is 6.16.